The van der Waals surface area contributed by atoms with Crippen LogP contribution in [0.2, 0.25) is 0 Å². The van der Waals surface area contributed by atoms with E-state index in [9.17, 15) is 10.1 Å². The molecule has 22 heavy (non-hydrogen) atoms. The van der Waals surface area contributed by atoms with Gasteiger partial charge in [-0.25, -0.2) is 4.98 Å². The van der Waals surface area contributed by atoms with E-state index >= 15 is 0 Å². The summed E-state index contributed by atoms with van der Waals surface area (Å²) in [7, 11) is 0. The Labute approximate surface area is 138 Å². The minimum Gasteiger partial charge on any atom is -0.369 e. The zero-order chi connectivity index (χ0) is 16.1. The summed E-state index contributed by atoms with van der Waals surface area (Å²) < 4.78 is 0.812. The summed E-state index contributed by atoms with van der Waals surface area (Å²) in [5.74, 6) is -0.361. The van der Waals surface area contributed by atoms with Crippen molar-refractivity contribution in [1.82, 2.24) is 4.98 Å². The first-order valence-corrected chi connectivity index (χ1v) is 8.54. The number of hydrogen-bond acceptors (Lipinski definition) is 5. The second kappa shape index (κ2) is 7.43. The lowest BCUT2D eigenvalue weighted by Crippen LogP contribution is -2.13. The number of nitrogens with zero attached hydrogens (tertiary/aromatic N) is 2. The second-order valence-corrected chi connectivity index (χ2v) is 7.59. The van der Waals surface area contributed by atoms with Gasteiger partial charge in [0.2, 0.25) is 5.91 Å². The molecule has 0 aliphatic heterocycles. The summed E-state index contributed by atoms with van der Waals surface area (Å²) >= 11 is 2.89. The number of nitriles is 1. The number of hydrogen-bond donors (Lipinski definition) is 1. The average molecular weight is 331 g/mol. The van der Waals surface area contributed by atoms with E-state index in [0.717, 1.165) is 20.5 Å². The summed E-state index contributed by atoms with van der Waals surface area (Å²) in [6, 6.07) is 10.5. The van der Waals surface area contributed by atoms with Crippen molar-refractivity contribution >= 4 is 29.0 Å². The number of primary amides is 1. The molecule has 2 aromatic rings. The first-order valence-electron chi connectivity index (χ1n) is 6.84. The number of carbonyl (C=O) groups excluding carboxylic acids is 1. The summed E-state index contributed by atoms with van der Waals surface area (Å²) in [6.07, 6.45) is 0.879. The molecule has 1 amide bonds. The fourth-order valence-corrected chi connectivity index (χ4v) is 4.35. The van der Waals surface area contributed by atoms with Crippen LogP contribution in [0.5, 0.6) is 0 Å². The van der Waals surface area contributed by atoms with Gasteiger partial charge in [0.1, 0.15) is 5.25 Å². The Balaban J connectivity index is 2.05. The number of aromatic nitrogens is 1. The van der Waals surface area contributed by atoms with Gasteiger partial charge in [-0.05, 0) is 25.8 Å². The molecule has 1 atom stereocenters. The molecule has 0 bridgehead atoms. The molecule has 0 unspecified atom stereocenters. The Kier molecular flexibility index (Phi) is 5.58. The van der Waals surface area contributed by atoms with E-state index in [0.29, 0.717) is 6.42 Å². The van der Waals surface area contributed by atoms with E-state index in [4.69, 9.17) is 5.73 Å². The van der Waals surface area contributed by atoms with Crippen LogP contribution in [0.4, 0.5) is 0 Å². The van der Waals surface area contributed by atoms with Crippen LogP contribution in [0.3, 0.4) is 0 Å². The zero-order valence-electron chi connectivity index (χ0n) is 12.5. The molecule has 0 saturated heterocycles. The van der Waals surface area contributed by atoms with Crippen molar-refractivity contribution in [2.45, 2.75) is 36.3 Å². The minimum absolute atomic E-state index is 0.199. The molecule has 0 fully saturated rings. The largest absolute Gasteiger partial charge is 0.369 e. The van der Waals surface area contributed by atoms with Crippen LogP contribution in [-0.4, -0.2) is 16.1 Å². The summed E-state index contributed by atoms with van der Waals surface area (Å²) in [5.41, 5.74) is 8.38. The van der Waals surface area contributed by atoms with E-state index in [2.05, 4.69) is 11.1 Å². The average Bonchev–Trinajstić information content (AvgIpc) is 2.79. The fourth-order valence-electron chi connectivity index (χ4n) is 1.95. The highest BCUT2D eigenvalue weighted by Gasteiger charge is 2.16. The molecular weight excluding hydrogens is 314 g/mol. The van der Waals surface area contributed by atoms with Crippen molar-refractivity contribution in [2.24, 2.45) is 5.73 Å². The molecule has 0 aliphatic rings. The van der Waals surface area contributed by atoms with Crippen molar-refractivity contribution in [3.8, 4) is 6.07 Å². The molecule has 0 aliphatic carbocycles. The molecule has 4 nitrogen and oxygen atoms in total. The van der Waals surface area contributed by atoms with E-state index in [1.54, 1.807) is 0 Å². The SMILES string of the molecule is Cc1ccc(C[C@H](C#N)Sc2nc(C)c(CC(N)=O)s2)cc1. The number of benzene rings is 1. The van der Waals surface area contributed by atoms with Gasteiger partial charge in [-0.3, -0.25) is 4.79 Å². The first kappa shape index (κ1) is 16.5. The topological polar surface area (TPSA) is 79.8 Å². The van der Waals surface area contributed by atoms with E-state index < -0.39 is 0 Å². The van der Waals surface area contributed by atoms with Crippen molar-refractivity contribution in [1.29, 1.82) is 5.26 Å². The zero-order valence-corrected chi connectivity index (χ0v) is 14.1. The number of thioether (sulfide) groups is 1. The maximum Gasteiger partial charge on any atom is 0.222 e. The van der Waals surface area contributed by atoms with Crippen LogP contribution >= 0.6 is 23.1 Å². The van der Waals surface area contributed by atoms with Crippen LogP contribution in [0.15, 0.2) is 28.6 Å². The number of aryl methyl sites for hydroxylation is 2. The van der Waals surface area contributed by atoms with Gasteiger partial charge in [-0.15, -0.1) is 11.3 Å². The lowest BCUT2D eigenvalue weighted by molar-refractivity contribution is -0.117. The monoisotopic (exact) mass is 331 g/mol. The quantitative estimate of drug-likeness (QED) is 0.825. The summed E-state index contributed by atoms with van der Waals surface area (Å²) in [4.78, 5) is 16.3. The third-order valence-corrected chi connectivity index (χ3v) is 5.48. The lowest BCUT2D eigenvalue weighted by Gasteiger charge is -2.07. The van der Waals surface area contributed by atoms with Gasteiger partial charge in [0.15, 0.2) is 4.34 Å². The van der Waals surface area contributed by atoms with Crippen LogP contribution in [-0.2, 0) is 17.6 Å². The van der Waals surface area contributed by atoms with Crippen LogP contribution in [0.25, 0.3) is 0 Å². The lowest BCUT2D eigenvalue weighted by atomic mass is 10.1. The molecule has 2 rings (SSSR count). The fraction of sp³-hybridized carbons (Fsp3) is 0.312. The highest BCUT2D eigenvalue weighted by molar-refractivity contribution is 8.01. The molecule has 1 heterocycles. The highest BCUT2D eigenvalue weighted by atomic mass is 32.2. The number of carbonyl (C=O) groups is 1. The van der Waals surface area contributed by atoms with Gasteiger partial charge in [0, 0.05) is 4.88 Å². The van der Waals surface area contributed by atoms with Crippen molar-refractivity contribution in [3.05, 3.63) is 46.0 Å². The third-order valence-electron chi connectivity index (χ3n) is 3.14. The standard InChI is InChI=1S/C16H17N3OS2/c1-10-3-5-12(6-4-10)7-13(9-17)21-16-19-11(2)14(22-16)8-15(18)20/h3-6,13H,7-8H2,1-2H3,(H2,18,20)/t13-/m1/s1. The Morgan fingerprint density at radius 3 is 2.68 bits per heavy atom. The maximum absolute atomic E-state index is 11.0. The molecule has 0 spiro atoms. The van der Waals surface area contributed by atoms with Gasteiger partial charge in [0.25, 0.3) is 0 Å². The molecule has 1 aromatic heterocycles. The van der Waals surface area contributed by atoms with Crippen LogP contribution in [0, 0.1) is 25.2 Å². The van der Waals surface area contributed by atoms with Crippen LogP contribution in [0.1, 0.15) is 21.7 Å². The Bertz CT molecular complexity index is 701. The maximum atomic E-state index is 11.0. The molecule has 6 heteroatoms. The molecule has 0 radical (unpaired) electrons. The normalized spacial score (nSPS) is 11.9. The van der Waals surface area contributed by atoms with Crippen molar-refractivity contribution < 1.29 is 4.79 Å². The van der Waals surface area contributed by atoms with Gasteiger partial charge < -0.3 is 5.73 Å². The Morgan fingerprint density at radius 2 is 2.09 bits per heavy atom. The van der Waals surface area contributed by atoms with Gasteiger partial charge in [0.05, 0.1) is 18.2 Å². The molecular formula is C16H17N3OS2. The first-order chi connectivity index (χ1) is 10.5. The Morgan fingerprint density at radius 1 is 1.41 bits per heavy atom. The number of amides is 1. The van der Waals surface area contributed by atoms with Gasteiger partial charge >= 0.3 is 0 Å². The van der Waals surface area contributed by atoms with Crippen LogP contribution < -0.4 is 5.73 Å². The molecule has 2 N–H and O–H groups in total. The predicted molar refractivity (Wildman–Crippen MR) is 89.9 cm³/mol. The molecule has 1 aromatic carbocycles. The Hall–Kier alpha value is -1.84. The van der Waals surface area contributed by atoms with Crippen molar-refractivity contribution in [3.63, 3.8) is 0 Å². The molecule has 0 saturated carbocycles. The highest BCUT2D eigenvalue weighted by Crippen LogP contribution is 2.31. The number of rotatable bonds is 6. The van der Waals surface area contributed by atoms with Gasteiger partial charge in [-0.1, -0.05) is 41.6 Å². The summed E-state index contributed by atoms with van der Waals surface area (Å²) in [5, 5.41) is 9.16. The van der Waals surface area contributed by atoms with Gasteiger partial charge in [-0.2, -0.15) is 5.26 Å². The number of nitrogens with two attached hydrogens (primary N) is 1. The minimum atomic E-state index is -0.361. The smallest absolute Gasteiger partial charge is 0.222 e. The predicted octanol–water partition coefficient (Wildman–Crippen LogP) is 3.01. The van der Waals surface area contributed by atoms with E-state index in [1.165, 1.54) is 28.7 Å². The second-order valence-electron chi connectivity index (χ2n) is 5.06. The van der Waals surface area contributed by atoms with E-state index in [1.807, 2.05) is 38.1 Å². The summed E-state index contributed by atoms with van der Waals surface area (Å²) in [6.45, 7) is 3.90. The molecule has 114 valence electrons. The van der Waals surface area contributed by atoms with E-state index in [-0.39, 0.29) is 17.6 Å². The third kappa shape index (κ3) is 4.58. The number of thiazole rings is 1. The van der Waals surface area contributed by atoms with Crippen molar-refractivity contribution in [2.75, 3.05) is 0 Å².